The molecule has 1 amide bonds. The van der Waals surface area contributed by atoms with Crippen LogP contribution in [-0.2, 0) is 11.2 Å². The van der Waals surface area contributed by atoms with Crippen molar-refractivity contribution in [3.63, 3.8) is 0 Å². The first kappa shape index (κ1) is 24.4. The summed E-state index contributed by atoms with van der Waals surface area (Å²) in [5.41, 5.74) is 1.09. The monoisotopic (exact) mass is 429 g/mol. The topological polar surface area (TPSA) is 52.6 Å². The standard InChI is InChI=1S/C21H34F3N5O/c1-5-16-12-25-20(26-13-16)28(4)14-17-6-8-18(9-7-17)19(30)29(11-10-27(2)3)15-21(22,23)24/h12-13,17-18H,5-11,14-15H2,1-4H3. The molecule has 1 saturated carbocycles. The van der Waals surface area contributed by atoms with Crippen molar-refractivity contribution < 1.29 is 18.0 Å². The summed E-state index contributed by atoms with van der Waals surface area (Å²) in [7, 11) is 5.53. The summed E-state index contributed by atoms with van der Waals surface area (Å²) in [4.78, 5) is 26.4. The lowest BCUT2D eigenvalue weighted by molar-refractivity contribution is -0.164. The van der Waals surface area contributed by atoms with Crippen molar-refractivity contribution in [1.82, 2.24) is 19.8 Å². The molecule has 0 saturated heterocycles. The second-order valence-electron chi connectivity index (χ2n) is 8.52. The Morgan fingerprint density at radius 2 is 1.67 bits per heavy atom. The third kappa shape index (κ3) is 7.74. The number of rotatable bonds is 9. The third-order valence-electron chi connectivity index (χ3n) is 5.67. The van der Waals surface area contributed by atoms with Crippen LogP contribution in [0.25, 0.3) is 0 Å². The summed E-state index contributed by atoms with van der Waals surface area (Å²) >= 11 is 0. The van der Waals surface area contributed by atoms with Crippen LogP contribution in [0.4, 0.5) is 19.1 Å². The Morgan fingerprint density at radius 3 is 2.17 bits per heavy atom. The van der Waals surface area contributed by atoms with E-state index in [4.69, 9.17) is 0 Å². The molecule has 1 aliphatic carbocycles. The predicted octanol–water partition coefficient (Wildman–Crippen LogP) is 3.23. The van der Waals surface area contributed by atoms with E-state index in [1.807, 2.05) is 24.3 Å². The summed E-state index contributed by atoms with van der Waals surface area (Å²) in [5.74, 6) is 0.368. The molecule has 9 heteroatoms. The third-order valence-corrected chi connectivity index (χ3v) is 5.67. The Balaban J connectivity index is 1.88. The van der Waals surface area contributed by atoms with Crippen LogP contribution in [0.1, 0.15) is 38.2 Å². The van der Waals surface area contributed by atoms with Gasteiger partial charge >= 0.3 is 6.18 Å². The Bertz CT molecular complexity index is 658. The van der Waals surface area contributed by atoms with Gasteiger partial charge in [0.2, 0.25) is 11.9 Å². The van der Waals surface area contributed by atoms with E-state index in [9.17, 15) is 18.0 Å². The van der Waals surface area contributed by atoms with E-state index < -0.39 is 12.7 Å². The molecule has 6 nitrogen and oxygen atoms in total. The minimum absolute atomic E-state index is 0.0963. The number of nitrogens with zero attached hydrogens (tertiary/aromatic N) is 5. The SMILES string of the molecule is CCc1cnc(N(C)CC2CCC(C(=O)N(CCN(C)C)CC(F)(F)F)CC2)nc1. The van der Waals surface area contributed by atoms with Crippen LogP contribution in [-0.4, -0.2) is 79.2 Å². The van der Waals surface area contributed by atoms with Crippen molar-refractivity contribution in [3.05, 3.63) is 18.0 Å². The summed E-state index contributed by atoms with van der Waals surface area (Å²) in [5, 5.41) is 0. The van der Waals surface area contributed by atoms with Gasteiger partial charge in [0.25, 0.3) is 0 Å². The number of alkyl halides is 3. The van der Waals surface area contributed by atoms with Gasteiger partial charge in [-0.2, -0.15) is 13.2 Å². The molecule has 0 aliphatic heterocycles. The molecule has 30 heavy (non-hydrogen) atoms. The van der Waals surface area contributed by atoms with Crippen molar-refractivity contribution >= 4 is 11.9 Å². The van der Waals surface area contributed by atoms with Gasteiger partial charge in [-0.1, -0.05) is 6.92 Å². The van der Waals surface area contributed by atoms with Crippen LogP contribution >= 0.6 is 0 Å². The summed E-state index contributed by atoms with van der Waals surface area (Å²) in [6.07, 6.45) is 3.07. The molecule has 1 heterocycles. The fourth-order valence-corrected chi connectivity index (χ4v) is 3.85. The zero-order chi connectivity index (χ0) is 22.3. The minimum atomic E-state index is -4.38. The van der Waals surface area contributed by atoms with Crippen LogP contribution < -0.4 is 4.90 Å². The van der Waals surface area contributed by atoms with Gasteiger partial charge in [0.1, 0.15) is 6.54 Å². The molecule has 0 unspecified atom stereocenters. The van der Waals surface area contributed by atoms with Crippen LogP contribution in [0.15, 0.2) is 12.4 Å². The van der Waals surface area contributed by atoms with Crippen LogP contribution in [0.2, 0.25) is 0 Å². The molecule has 1 aromatic rings. The second kappa shape index (κ2) is 10.9. The van der Waals surface area contributed by atoms with E-state index in [1.54, 1.807) is 19.0 Å². The fraction of sp³-hybridized carbons (Fsp3) is 0.762. The van der Waals surface area contributed by atoms with E-state index in [-0.39, 0.29) is 18.4 Å². The number of carbonyl (C=O) groups excluding carboxylic acids is 1. The number of carbonyl (C=O) groups is 1. The summed E-state index contributed by atoms with van der Waals surface area (Å²) in [6.45, 7) is 2.17. The molecular weight excluding hydrogens is 395 g/mol. The maximum Gasteiger partial charge on any atom is 0.406 e. The number of hydrogen-bond donors (Lipinski definition) is 0. The first-order chi connectivity index (χ1) is 14.1. The maximum atomic E-state index is 12.9. The molecule has 1 aromatic heterocycles. The van der Waals surface area contributed by atoms with Crippen LogP contribution in [0, 0.1) is 11.8 Å². The quantitative estimate of drug-likeness (QED) is 0.603. The maximum absolute atomic E-state index is 12.9. The number of anilines is 1. The Labute approximate surface area is 177 Å². The Hall–Kier alpha value is -1.90. The van der Waals surface area contributed by atoms with Gasteiger partial charge in [-0.25, -0.2) is 9.97 Å². The van der Waals surface area contributed by atoms with Gasteiger partial charge in [0.05, 0.1) is 0 Å². The van der Waals surface area contributed by atoms with Crippen LogP contribution in [0.5, 0.6) is 0 Å². The van der Waals surface area contributed by atoms with Gasteiger partial charge in [0.15, 0.2) is 0 Å². The molecular formula is C21H34F3N5O. The summed E-state index contributed by atoms with van der Waals surface area (Å²) < 4.78 is 38.8. The van der Waals surface area contributed by atoms with Gasteiger partial charge in [-0.15, -0.1) is 0 Å². The van der Waals surface area contributed by atoms with E-state index in [0.29, 0.717) is 31.3 Å². The van der Waals surface area contributed by atoms with Crippen molar-refractivity contribution in [2.45, 2.75) is 45.2 Å². The highest BCUT2D eigenvalue weighted by Gasteiger charge is 2.36. The smallest absolute Gasteiger partial charge is 0.344 e. The Morgan fingerprint density at radius 1 is 1.07 bits per heavy atom. The van der Waals surface area contributed by atoms with Gasteiger partial charge in [0, 0.05) is 45.0 Å². The normalized spacial score (nSPS) is 19.7. The van der Waals surface area contributed by atoms with Crippen molar-refractivity contribution in [3.8, 4) is 0 Å². The summed E-state index contributed by atoms with van der Waals surface area (Å²) in [6, 6.07) is 0. The number of likely N-dealkylation sites (N-methyl/N-ethyl adjacent to an activating group) is 1. The van der Waals surface area contributed by atoms with Crippen LogP contribution in [0.3, 0.4) is 0 Å². The molecule has 0 bridgehead atoms. The lowest BCUT2D eigenvalue weighted by Crippen LogP contribution is -2.46. The zero-order valence-electron chi connectivity index (χ0n) is 18.5. The average molecular weight is 430 g/mol. The number of hydrogen-bond acceptors (Lipinski definition) is 5. The van der Waals surface area contributed by atoms with Gasteiger partial charge in [-0.05, 0) is 57.7 Å². The highest BCUT2D eigenvalue weighted by molar-refractivity contribution is 5.79. The second-order valence-corrected chi connectivity index (χ2v) is 8.52. The number of halogens is 3. The lowest BCUT2D eigenvalue weighted by Gasteiger charge is -2.34. The van der Waals surface area contributed by atoms with E-state index in [2.05, 4.69) is 16.9 Å². The average Bonchev–Trinajstić information content (AvgIpc) is 2.70. The largest absolute Gasteiger partial charge is 0.406 e. The van der Waals surface area contributed by atoms with E-state index in [1.165, 1.54) is 0 Å². The molecule has 170 valence electrons. The molecule has 1 fully saturated rings. The first-order valence-corrected chi connectivity index (χ1v) is 10.6. The highest BCUT2D eigenvalue weighted by atomic mass is 19.4. The molecule has 0 spiro atoms. The fourth-order valence-electron chi connectivity index (χ4n) is 3.85. The molecule has 0 N–H and O–H groups in total. The predicted molar refractivity (Wildman–Crippen MR) is 111 cm³/mol. The first-order valence-electron chi connectivity index (χ1n) is 10.6. The molecule has 1 aliphatic rings. The van der Waals surface area contributed by atoms with Crippen molar-refractivity contribution in [1.29, 1.82) is 0 Å². The minimum Gasteiger partial charge on any atom is -0.344 e. The van der Waals surface area contributed by atoms with Gasteiger partial charge < -0.3 is 14.7 Å². The number of amides is 1. The molecule has 2 rings (SSSR count). The molecule has 0 radical (unpaired) electrons. The van der Waals surface area contributed by atoms with E-state index >= 15 is 0 Å². The molecule has 0 aromatic carbocycles. The zero-order valence-corrected chi connectivity index (χ0v) is 18.5. The van der Waals surface area contributed by atoms with E-state index in [0.717, 1.165) is 36.3 Å². The Kier molecular flexibility index (Phi) is 8.88. The number of aryl methyl sites for hydroxylation is 1. The lowest BCUT2D eigenvalue weighted by atomic mass is 9.81. The molecule has 0 atom stereocenters. The van der Waals surface area contributed by atoms with Crippen molar-refractivity contribution in [2.75, 3.05) is 52.2 Å². The van der Waals surface area contributed by atoms with Gasteiger partial charge in [-0.3, -0.25) is 4.79 Å². The highest BCUT2D eigenvalue weighted by Crippen LogP contribution is 2.31. The van der Waals surface area contributed by atoms with Crippen molar-refractivity contribution in [2.24, 2.45) is 11.8 Å². The number of aromatic nitrogens is 2.